The highest BCUT2D eigenvalue weighted by atomic mass is 15.3. The van der Waals surface area contributed by atoms with Crippen molar-refractivity contribution < 1.29 is 0 Å². The zero-order valence-electron chi connectivity index (χ0n) is 8.73. The maximum atomic E-state index is 8.82. The van der Waals surface area contributed by atoms with Gasteiger partial charge in [0.2, 0.25) is 0 Å². The van der Waals surface area contributed by atoms with Crippen LogP contribution in [-0.2, 0) is 0 Å². The molecule has 2 rings (SSSR count). The summed E-state index contributed by atoms with van der Waals surface area (Å²) in [6, 6.07) is 10.2. The van der Waals surface area contributed by atoms with E-state index in [2.05, 4.69) is 11.2 Å². The fourth-order valence-corrected chi connectivity index (χ4v) is 1.47. The van der Waals surface area contributed by atoms with Crippen LogP contribution in [0.1, 0.15) is 16.8 Å². The summed E-state index contributed by atoms with van der Waals surface area (Å²) >= 11 is 0. The molecule has 3 heteroatoms. The van der Waals surface area contributed by atoms with E-state index in [1.54, 1.807) is 10.9 Å². The second-order valence-corrected chi connectivity index (χ2v) is 3.50. The Hall–Kier alpha value is -2.08. The van der Waals surface area contributed by atoms with Crippen molar-refractivity contribution in [1.29, 1.82) is 5.26 Å². The minimum atomic E-state index is 0.621. The van der Waals surface area contributed by atoms with Crippen LogP contribution < -0.4 is 0 Å². The van der Waals surface area contributed by atoms with Gasteiger partial charge in [-0.1, -0.05) is 17.7 Å². The average molecular weight is 197 g/mol. The topological polar surface area (TPSA) is 41.6 Å². The Bertz CT molecular complexity index is 515. The van der Waals surface area contributed by atoms with Gasteiger partial charge in [-0.05, 0) is 26.0 Å². The molecule has 74 valence electrons. The molecule has 15 heavy (non-hydrogen) atoms. The first-order valence-corrected chi connectivity index (χ1v) is 4.74. The molecule has 0 N–H and O–H groups in total. The predicted molar refractivity (Wildman–Crippen MR) is 57.8 cm³/mol. The van der Waals surface area contributed by atoms with E-state index in [9.17, 15) is 0 Å². The molecule has 0 amide bonds. The van der Waals surface area contributed by atoms with Gasteiger partial charge in [0.25, 0.3) is 0 Å². The lowest BCUT2D eigenvalue weighted by Gasteiger charge is -2.04. The highest BCUT2D eigenvalue weighted by Gasteiger charge is 2.06. The summed E-state index contributed by atoms with van der Waals surface area (Å²) in [6.07, 6.45) is 1.59. The van der Waals surface area contributed by atoms with Crippen molar-refractivity contribution in [2.75, 3.05) is 0 Å². The molecule has 0 atom stereocenters. The Labute approximate surface area is 88.6 Å². The van der Waals surface area contributed by atoms with E-state index in [-0.39, 0.29) is 0 Å². The number of nitrogens with zero attached hydrogens (tertiary/aromatic N) is 3. The van der Waals surface area contributed by atoms with Crippen LogP contribution in [0.4, 0.5) is 0 Å². The summed E-state index contributed by atoms with van der Waals surface area (Å²) in [5, 5.41) is 13.0. The Morgan fingerprint density at radius 1 is 1.20 bits per heavy atom. The molecule has 0 radical (unpaired) electrons. The van der Waals surface area contributed by atoms with Crippen molar-refractivity contribution >= 4 is 0 Å². The van der Waals surface area contributed by atoms with Gasteiger partial charge in [-0.15, -0.1) is 0 Å². The van der Waals surface area contributed by atoms with Gasteiger partial charge < -0.3 is 0 Å². The molecule has 0 bridgehead atoms. The largest absolute Gasteiger partial charge is 0.237 e. The van der Waals surface area contributed by atoms with Gasteiger partial charge in [0.1, 0.15) is 6.07 Å². The van der Waals surface area contributed by atoms with Gasteiger partial charge >= 0.3 is 0 Å². The van der Waals surface area contributed by atoms with Crippen LogP contribution in [-0.4, -0.2) is 9.78 Å². The van der Waals surface area contributed by atoms with Crippen LogP contribution in [0, 0.1) is 25.2 Å². The van der Waals surface area contributed by atoms with Crippen LogP contribution in [0.5, 0.6) is 0 Å². The maximum absolute atomic E-state index is 8.82. The van der Waals surface area contributed by atoms with E-state index in [0.29, 0.717) is 5.56 Å². The van der Waals surface area contributed by atoms with Gasteiger partial charge in [-0.2, -0.15) is 10.4 Å². The number of aryl methyl sites for hydroxylation is 1. The second-order valence-electron chi connectivity index (χ2n) is 3.50. The normalized spacial score (nSPS) is 9.93. The Morgan fingerprint density at radius 3 is 2.40 bits per heavy atom. The molecule has 0 saturated carbocycles. The van der Waals surface area contributed by atoms with E-state index in [4.69, 9.17) is 5.26 Å². The molecule has 0 unspecified atom stereocenters. The lowest BCUT2D eigenvalue weighted by atomic mass is 10.2. The highest BCUT2D eigenvalue weighted by Crippen LogP contribution is 2.13. The van der Waals surface area contributed by atoms with Crippen LogP contribution in [0.3, 0.4) is 0 Å². The molecule has 0 spiro atoms. The average Bonchev–Trinajstić information content (AvgIpc) is 2.61. The highest BCUT2D eigenvalue weighted by molar-refractivity contribution is 5.39. The first-order chi connectivity index (χ1) is 7.22. The summed E-state index contributed by atoms with van der Waals surface area (Å²) in [4.78, 5) is 0. The number of benzene rings is 1. The van der Waals surface area contributed by atoms with Crippen molar-refractivity contribution in [3.63, 3.8) is 0 Å². The van der Waals surface area contributed by atoms with Crippen molar-refractivity contribution in [1.82, 2.24) is 9.78 Å². The van der Waals surface area contributed by atoms with Gasteiger partial charge in [0.05, 0.1) is 23.1 Å². The first kappa shape index (κ1) is 9.47. The SMILES string of the molecule is Cc1ccc(-n2ncc(C#N)c2C)cc1. The standard InChI is InChI=1S/C12H11N3/c1-9-3-5-12(6-4-9)15-10(2)11(7-13)8-14-15/h3-6,8H,1-2H3. The molecule has 0 aliphatic carbocycles. The van der Waals surface area contributed by atoms with Gasteiger partial charge in [-0.3, -0.25) is 0 Å². The molecular weight excluding hydrogens is 186 g/mol. The summed E-state index contributed by atoms with van der Waals surface area (Å²) < 4.78 is 1.78. The molecular formula is C12H11N3. The fourth-order valence-electron chi connectivity index (χ4n) is 1.47. The van der Waals surface area contributed by atoms with Crippen LogP contribution >= 0.6 is 0 Å². The third-order valence-electron chi connectivity index (χ3n) is 2.41. The predicted octanol–water partition coefficient (Wildman–Crippen LogP) is 2.36. The van der Waals surface area contributed by atoms with E-state index in [0.717, 1.165) is 11.4 Å². The summed E-state index contributed by atoms with van der Waals surface area (Å²) in [5.41, 5.74) is 3.69. The van der Waals surface area contributed by atoms with Crippen LogP contribution in [0.25, 0.3) is 5.69 Å². The molecule has 0 saturated heterocycles. The second kappa shape index (κ2) is 3.58. The molecule has 0 aliphatic rings. The summed E-state index contributed by atoms with van der Waals surface area (Å²) in [7, 11) is 0. The van der Waals surface area contributed by atoms with Crippen molar-refractivity contribution in [2.24, 2.45) is 0 Å². The van der Waals surface area contributed by atoms with Crippen LogP contribution in [0.15, 0.2) is 30.5 Å². The molecule has 0 aliphatic heterocycles. The molecule has 0 fully saturated rings. The number of nitriles is 1. The molecule has 3 nitrogen and oxygen atoms in total. The maximum Gasteiger partial charge on any atom is 0.103 e. The third-order valence-corrected chi connectivity index (χ3v) is 2.41. The summed E-state index contributed by atoms with van der Waals surface area (Å²) in [5.74, 6) is 0. The number of hydrogen-bond acceptors (Lipinski definition) is 2. The van der Waals surface area contributed by atoms with Crippen molar-refractivity contribution in [3.8, 4) is 11.8 Å². The molecule has 2 aromatic rings. The molecule has 1 aromatic carbocycles. The Kier molecular flexibility index (Phi) is 2.26. The number of aromatic nitrogens is 2. The fraction of sp³-hybridized carbons (Fsp3) is 0.167. The number of rotatable bonds is 1. The smallest absolute Gasteiger partial charge is 0.103 e. The lowest BCUT2D eigenvalue weighted by molar-refractivity contribution is 0.846. The monoisotopic (exact) mass is 197 g/mol. The van der Waals surface area contributed by atoms with E-state index >= 15 is 0 Å². The lowest BCUT2D eigenvalue weighted by Crippen LogP contribution is -1.98. The Morgan fingerprint density at radius 2 is 1.87 bits per heavy atom. The molecule has 1 heterocycles. The van der Waals surface area contributed by atoms with Crippen LogP contribution in [0.2, 0.25) is 0 Å². The van der Waals surface area contributed by atoms with E-state index in [1.165, 1.54) is 5.56 Å². The summed E-state index contributed by atoms with van der Waals surface area (Å²) in [6.45, 7) is 3.94. The number of hydrogen-bond donors (Lipinski definition) is 0. The zero-order chi connectivity index (χ0) is 10.8. The molecule has 1 aromatic heterocycles. The van der Waals surface area contributed by atoms with Gasteiger partial charge in [0, 0.05) is 0 Å². The minimum Gasteiger partial charge on any atom is -0.237 e. The third kappa shape index (κ3) is 1.62. The van der Waals surface area contributed by atoms with E-state index in [1.807, 2.05) is 38.1 Å². The first-order valence-electron chi connectivity index (χ1n) is 4.74. The zero-order valence-corrected chi connectivity index (χ0v) is 8.73. The Balaban J connectivity index is 2.51. The van der Waals surface area contributed by atoms with Crippen molar-refractivity contribution in [2.45, 2.75) is 13.8 Å². The quantitative estimate of drug-likeness (QED) is 0.704. The van der Waals surface area contributed by atoms with Gasteiger partial charge in [-0.25, -0.2) is 4.68 Å². The van der Waals surface area contributed by atoms with E-state index < -0.39 is 0 Å². The van der Waals surface area contributed by atoms with Crippen molar-refractivity contribution in [3.05, 3.63) is 47.3 Å². The van der Waals surface area contributed by atoms with Gasteiger partial charge in [0.15, 0.2) is 0 Å². The minimum absolute atomic E-state index is 0.621.